The minimum absolute atomic E-state index is 0.00846. The zero-order valence-corrected chi connectivity index (χ0v) is 8.77. The number of carboxylic acid groups (broad SMARTS) is 1. The van der Waals surface area contributed by atoms with Gasteiger partial charge in [0.15, 0.2) is 6.10 Å². The quantitative estimate of drug-likeness (QED) is 0.694. The lowest BCUT2D eigenvalue weighted by atomic mass is 10.1. The van der Waals surface area contributed by atoms with Crippen LogP contribution in [0.3, 0.4) is 0 Å². The van der Waals surface area contributed by atoms with Gasteiger partial charge < -0.3 is 15.3 Å². The summed E-state index contributed by atoms with van der Waals surface area (Å²) < 4.78 is 0. The molecule has 2 atom stereocenters. The summed E-state index contributed by atoms with van der Waals surface area (Å²) in [6.45, 7) is 0. The van der Waals surface area contributed by atoms with E-state index < -0.39 is 18.2 Å². The Balaban J connectivity index is 3.00. The van der Waals surface area contributed by atoms with E-state index in [1.54, 1.807) is 0 Å². The van der Waals surface area contributed by atoms with Crippen molar-refractivity contribution < 1.29 is 20.1 Å². The molecular formula is C8H7Cl2NO4. The Hall–Kier alpha value is -0.880. The van der Waals surface area contributed by atoms with E-state index in [0.717, 1.165) is 0 Å². The van der Waals surface area contributed by atoms with E-state index in [2.05, 4.69) is 4.98 Å². The van der Waals surface area contributed by atoms with Crippen molar-refractivity contribution in [3.63, 3.8) is 0 Å². The summed E-state index contributed by atoms with van der Waals surface area (Å²) >= 11 is 11.1. The third-order valence-corrected chi connectivity index (χ3v) is 2.07. The molecule has 1 aromatic rings. The molecule has 0 fully saturated rings. The normalized spacial score (nSPS) is 14.7. The number of aliphatic hydroxyl groups is 2. The van der Waals surface area contributed by atoms with Crippen LogP contribution in [-0.4, -0.2) is 32.4 Å². The molecular weight excluding hydrogens is 245 g/mol. The first-order chi connectivity index (χ1) is 6.91. The summed E-state index contributed by atoms with van der Waals surface area (Å²) in [5.41, 5.74) is 0.0925. The number of pyridine rings is 1. The molecule has 2 unspecified atom stereocenters. The molecule has 7 heteroatoms. The molecule has 15 heavy (non-hydrogen) atoms. The number of halogens is 2. The Bertz CT molecular complexity index is 365. The van der Waals surface area contributed by atoms with E-state index in [4.69, 9.17) is 33.4 Å². The number of nitrogens with zero attached hydrogens (tertiary/aromatic N) is 1. The van der Waals surface area contributed by atoms with Gasteiger partial charge in [0, 0.05) is 0 Å². The Labute approximate surface area is 94.9 Å². The van der Waals surface area contributed by atoms with Gasteiger partial charge in [-0.05, 0) is 17.7 Å². The number of hydrogen-bond acceptors (Lipinski definition) is 4. The lowest BCUT2D eigenvalue weighted by molar-refractivity contribution is -0.153. The highest BCUT2D eigenvalue weighted by Crippen LogP contribution is 2.22. The maximum atomic E-state index is 10.4. The molecule has 0 saturated carbocycles. The fourth-order valence-corrected chi connectivity index (χ4v) is 1.45. The molecule has 0 aromatic carbocycles. The predicted molar refractivity (Wildman–Crippen MR) is 52.9 cm³/mol. The van der Waals surface area contributed by atoms with Crippen molar-refractivity contribution in [1.29, 1.82) is 0 Å². The van der Waals surface area contributed by atoms with Gasteiger partial charge in [-0.2, -0.15) is 0 Å². The number of carbonyl (C=O) groups is 1. The van der Waals surface area contributed by atoms with Gasteiger partial charge in [-0.15, -0.1) is 0 Å². The minimum Gasteiger partial charge on any atom is -0.479 e. The van der Waals surface area contributed by atoms with Crippen molar-refractivity contribution in [2.45, 2.75) is 12.2 Å². The SMILES string of the molecule is O=C(O)C(O)C(O)c1cc(Cl)nc(Cl)c1. The van der Waals surface area contributed by atoms with Gasteiger partial charge in [-0.25, -0.2) is 9.78 Å². The fourth-order valence-electron chi connectivity index (χ4n) is 0.971. The number of aliphatic hydroxyl groups excluding tert-OH is 2. The van der Waals surface area contributed by atoms with Gasteiger partial charge >= 0.3 is 5.97 Å². The lowest BCUT2D eigenvalue weighted by Gasteiger charge is -2.14. The largest absolute Gasteiger partial charge is 0.479 e. The first-order valence-electron chi connectivity index (χ1n) is 3.83. The highest BCUT2D eigenvalue weighted by molar-refractivity contribution is 6.32. The average Bonchev–Trinajstić information content (AvgIpc) is 2.13. The molecule has 5 nitrogen and oxygen atoms in total. The molecule has 0 radical (unpaired) electrons. The van der Waals surface area contributed by atoms with E-state index in [1.807, 2.05) is 0 Å². The minimum atomic E-state index is -1.93. The summed E-state index contributed by atoms with van der Waals surface area (Å²) in [5, 5.41) is 27.0. The molecule has 0 aliphatic rings. The molecule has 1 aromatic heterocycles. The summed E-state index contributed by atoms with van der Waals surface area (Å²) in [6.07, 6.45) is -3.53. The fraction of sp³-hybridized carbons (Fsp3) is 0.250. The maximum Gasteiger partial charge on any atom is 0.335 e. The van der Waals surface area contributed by atoms with Gasteiger partial charge in [-0.3, -0.25) is 0 Å². The third-order valence-electron chi connectivity index (χ3n) is 1.68. The van der Waals surface area contributed by atoms with Crippen molar-refractivity contribution in [1.82, 2.24) is 4.98 Å². The number of hydrogen-bond donors (Lipinski definition) is 3. The first kappa shape index (κ1) is 12.2. The Morgan fingerprint density at radius 2 is 1.73 bits per heavy atom. The Morgan fingerprint density at radius 1 is 1.27 bits per heavy atom. The van der Waals surface area contributed by atoms with Crippen LogP contribution >= 0.6 is 23.2 Å². The Kier molecular flexibility index (Phi) is 3.87. The smallest absolute Gasteiger partial charge is 0.335 e. The number of rotatable bonds is 3. The molecule has 0 spiro atoms. The molecule has 0 aliphatic carbocycles. The summed E-state index contributed by atoms with van der Waals surface area (Å²) in [4.78, 5) is 14.0. The molecule has 1 heterocycles. The first-order valence-corrected chi connectivity index (χ1v) is 4.59. The summed E-state index contributed by atoms with van der Waals surface area (Å²) in [6, 6.07) is 2.45. The topological polar surface area (TPSA) is 90.7 Å². The number of aromatic nitrogens is 1. The van der Waals surface area contributed by atoms with Crippen molar-refractivity contribution in [3.05, 3.63) is 28.0 Å². The summed E-state index contributed by atoms with van der Waals surface area (Å²) in [7, 11) is 0. The van der Waals surface area contributed by atoms with Crippen LogP contribution in [0.5, 0.6) is 0 Å². The van der Waals surface area contributed by atoms with Crippen LogP contribution in [0.25, 0.3) is 0 Å². The van der Waals surface area contributed by atoms with Gasteiger partial charge in [0.2, 0.25) is 0 Å². The second kappa shape index (κ2) is 4.76. The standard InChI is InChI=1S/C8H7Cl2NO4/c9-4-1-3(2-5(10)11-4)6(12)7(13)8(14)15/h1-2,6-7,12-13H,(H,14,15). The second-order valence-corrected chi connectivity index (χ2v) is 3.55. The predicted octanol–water partition coefficient (Wildman–Crippen LogP) is 0.867. The Morgan fingerprint density at radius 3 is 2.13 bits per heavy atom. The lowest BCUT2D eigenvalue weighted by Crippen LogP contribution is -2.27. The zero-order chi connectivity index (χ0) is 11.6. The van der Waals surface area contributed by atoms with Crippen LogP contribution in [0.2, 0.25) is 10.3 Å². The molecule has 0 amide bonds. The van der Waals surface area contributed by atoms with Crippen molar-refractivity contribution in [3.8, 4) is 0 Å². The van der Waals surface area contributed by atoms with Crippen LogP contribution in [0.1, 0.15) is 11.7 Å². The van der Waals surface area contributed by atoms with Crippen LogP contribution in [-0.2, 0) is 4.79 Å². The molecule has 82 valence electrons. The van der Waals surface area contributed by atoms with Crippen LogP contribution in [0, 0.1) is 0 Å². The number of aliphatic carboxylic acids is 1. The molecule has 0 saturated heterocycles. The van der Waals surface area contributed by atoms with E-state index in [9.17, 15) is 9.90 Å². The molecule has 3 N–H and O–H groups in total. The maximum absolute atomic E-state index is 10.4. The van der Waals surface area contributed by atoms with Crippen LogP contribution < -0.4 is 0 Å². The third kappa shape index (κ3) is 3.04. The van der Waals surface area contributed by atoms with E-state index in [-0.39, 0.29) is 15.9 Å². The monoisotopic (exact) mass is 251 g/mol. The van der Waals surface area contributed by atoms with Crippen molar-refractivity contribution in [2.24, 2.45) is 0 Å². The van der Waals surface area contributed by atoms with Gasteiger partial charge in [0.05, 0.1) is 0 Å². The van der Waals surface area contributed by atoms with E-state index in [0.29, 0.717) is 0 Å². The van der Waals surface area contributed by atoms with E-state index in [1.165, 1.54) is 12.1 Å². The van der Waals surface area contributed by atoms with Crippen molar-refractivity contribution in [2.75, 3.05) is 0 Å². The molecule has 1 rings (SSSR count). The van der Waals surface area contributed by atoms with Gasteiger partial charge in [0.25, 0.3) is 0 Å². The highest BCUT2D eigenvalue weighted by Gasteiger charge is 2.25. The second-order valence-electron chi connectivity index (χ2n) is 2.77. The summed E-state index contributed by atoms with van der Waals surface area (Å²) in [5.74, 6) is -1.54. The van der Waals surface area contributed by atoms with Gasteiger partial charge in [-0.1, -0.05) is 23.2 Å². The number of carboxylic acids is 1. The average molecular weight is 252 g/mol. The van der Waals surface area contributed by atoms with Gasteiger partial charge in [0.1, 0.15) is 16.4 Å². The molecule has 0 bridgehead atoms. The van der Waals surface area contributed by atoms with Crippen molar-refractivity contribution >= 4 is 29.2 Å². The zero-order valence-electron chi connectivity index (χ0n) is 7.26. The van der Waals surface area contributed by atoms with E-state index >= 15 is 0 Å². The highest BCUT2D eigenvalue weighted by atomic mass is 35.5. The molecule has 0 aliphatic heterocycles. The van der Waals surface area contributed by atoms with Crippen LogP contribution in [0.4, 0.5) is 0 Å². The van der Waals surface area contributed by atoms with Crippen LogP contribution in [0.15, 0.2) is 12.1 Å².